The fraction of sp³-hybridized carbons (Fsp3) is 1.00. The van der Waals surface area contributed by atoms with Crippen LogP contribution in [-0.2, 0) is 0 Å². The molecule has 1 saturated heterocycles. The van der Waals surface area contributed by atoms with Gasteiger partial charge in [-0.05, 0) is 24.4 Å². The summed E-state index contributed by atoms with van der Waals surface area (Å²) in [6.45, 7) is 6.93. The van der Waals surface area contributed by atoms with E-state index in [0.717, 1.165) is 6.54 Å². The average Bonchev–Trinajstić information content (AvgIpc) is 2.27. The average molecular weight is 220 g/mol. The first kappa shape index (κ1) is 13.6. The van der Waals surface area contributed by atoms with E-state index in [1.165, 1.54) is 32.2 Å². The van der Waals surface area contributed by atoms with Crippen LogP contribution in [0, 0.1) is 5.41 Å². The first-order chi connectivity index (χ1) is 6.18. The first-order valence-electron chi connectivity index (χ1n) is 5.58. The maximum absolute atomic E-state index is 4.74. The molecule has 0 aromatic rings. The molecule has 0 spiro atoms. The molecular formula is C11H21KN2. The van der Waals surface area contributed by atoms with Crippen LogP contribution >= 0.6 is 0 Å². The molecule has 3 heteroatoms. The van der Waals surface area contributed by atoms with E-state index in [1.807, 2.05) is 0 Å². The predicted octanol–water partition coefficient (Wildman–Crippen LogP) is -0.695. The van der Waals surface area contributed by atoms with Crippen molar-refractivity contribution in [3.63, 3.8) is 0 Å². The Balaban J connectivity index is 0.000000980. The molecule has 1 heterocycles. The molecule has 76 valence electrons. The molecular weight excluding hydrogens is 199 g/mol. The van der Waals surface area contributed by atoms with E-state index in [1.54, 1.807) is 0 Å². The first-order valence-corrected chi connectivity index (χ1v) is 5.58. The Morgan fingerprint density at radius 2 is 2.07 bits per heavy atom. The third-order valence-electron chi connectivity index (χ3n) is 3.72. The summed E-state index contributed by atoms with van der Waals surface area (Å²) in [5.74, 6) is 0. The maximum atomic E-state index is 4.74. The zero-order valence-electron chi connectivity index (χ0n) is 9.84. The van der Waals surface area contributed by atoms with Crippen molar-refractivity contribution in [2.24, 2.45) is 5.41 Å². The minimum atomic E-state index is 0. The number of rotatable bonds is 3. The monoisotopic (exact) mass is 220 g/mol. The smallest absolute Gasteiger partial charge is 0.658 e. The van der Waals surface area contributed by atoms with Crippen LogP contribution in [0.5, 0.6) is 0 Å². The van der Waals surface area contributed by atoms with E-state index in [4.69, 9.17) is 5.32 Å². The van der Waals surface area contributed by atoms with Crippen molar-refractivity contribution in [3.05, 3.63) is 5.32 Å². The van der Waals surface area contributed by atoms with Crippen LogP contribution in [0.1, 0.15) is 39.5 Å². The summed E-state index contributed by atoms with van der Waals surface area (Å²) in [6, 6.07) is 1.34. The molecule has 2 rings (SSSR count). The van der Waals surface area contributed by atoms with Gasteiger partial charge in [0.2, 0.25) is 0 Å². The molecule has 0 aromatic carbocycles. The molecule has 0 radical (unpaired) electrons. The molecule has 14 heavy (non-hydrogen) atoms. The van der Waals surface area contributed by atoms with E-state index in [9.17, 15) is 0 Å². The second kappa shape index (κ2) is 5.76. The minimum Gasteiger partial charge on any atom is -0.658 e. The van der Waals surface area contributed by atoms with Gasteiger partial charge in [0.05, 0.1) is 0 Å². The van der Waals surface area contributed by atoms with Gasteiger partial charge >= 0.3 is 51.4 Å². The summed E-state index contributed by atoms with van der Waals surface area (Å²) >= 11 is 0. The Morgan fingerprint density at radius 3 is 2.50 bits per heavy atom. The van der Waals surface area contributed by atoms with Gasteiger partial charge in [-0.2, -0.15) is 0 Å². The summed E-state index contributed by atoms with van der Waals surface area (Å²) < 4.78 is 0. The Labute approximate surface area is 130 Å². The quantitative estimate of drug-likeness (QED) is 0.626. The van der Waals surface area contributed by atoms with Gasteiger partial charge in [-0.15, -0.1) is 12.6 Å². The van der Waals surface area contributed by atoms with Crippen molar-refractivity contribution >= 4 is 0 Å². The summed E-state index contributed by atoms with van der Waals surface area (Å²) in [5, 5.41) is 8.30. The number of nitrogens with zero attached hydrogens (tertiary/aromatic N) is 1. The second-order valence-corrected chi connectivity index (χ2v) is 5.20. The van der Waals surface area contributed by atoms with Gasteiger partial charge in [0.25, 0.3) is 0 Å². The third-order valence-corrected chi connectivity index (χ3v) is 3.72. The van der Waals surface area contributed by atoms with Crippen LogP contribution in [0.4, 0.5) is 0 Å². The molecule has 1 N–H and O–H groups in total. The Morgan fingerprint density at radius 1 is 1.36 bits per heavy atom. The number of nitrogens with one attached hydrogen (secondary N) is 1. The molecule has 1 aliphatic carbocycles. The Bertz CT molecular complexity index is 178. The van der Waals surface area contributed by atoms with Crippen molar-refractivity contribution < 1.29 is 51.4 Å². The van der Waals surface area contributed by atoms with Gasteiger partial charge in [0.1, 0.15) is 0 Å². The van der Waals surface area contributed by atoms with Gasteiger partial charge in [-0.3, -0.25) is 0 Å². The fourth-order valence-corrected chi connectivity index (χ4v) is 2.15. The third kappa shape index (κ3) is 3.27. The van der Waals surface area contributed by atoms with Crippen molar-refractivity contribution in [2.45, 2.75) is 51.6 Å². The number of hydrogen-bond acceptors (Lipinski definition) is 1. The van der Waals surface area contributed by atoms with E-state index >= 15 is 0 Å². The van der Waals surface area contributed by atoms with E-state index in [2.05, 4.69) is 19.2 Å². The summed E-state index contributed by atoms with van der Waals surface area (Å²) in [5.41, 5.74) is 0.466. The Hall–Kier alpha value is 1.56. The molecule has 1 unspecified atom stereocenters. The molecule has 1 aliphatic heterocycles. The van der Waals surface area contributed by atoms with E-state index in [-0.39, 0.29) is 51.4 Å². The minimum absolute atomic E-state index is 0. The largest absolute Gasteiger partial charge is 1.00 e. The normalized spacial score (nSPS) is 30.9. The van der Waals surface area contributed by atoms with Gasteiger partial charge in [-0.1, -0.05) is 33.1 Å². The van der Waals surface area contributed by atoms with Crippen molar-refractivity contribution in [2.75, 3.05) is 13.1 Å². The van der Waals surface area contributed by atoms with Gasteiger partial charge in [0.15, 0.2) is 0 Å². The Kier molecular flexibility index (Phi) is 5.60. The van der Waals surface area contributed by atoms with Crippen LogP contribution in [0.3, 0.4) is 0 Å². The molecule has 2 nitrogen and oxygen atoms in total. The predicted molar refractivity (Wildman–Crippen MR) is 56.1 cm³/mol. The summed E-state index contributed by atoms with van der Waals surface area (Å²) in [4.78, 5) is 0. The van der Waals surface area contributed by atoms with Crippen molar-refractivity contribution in [1.82, 2.24) is 5.32 Å². The number of hydrogen-bond donors (Lipinski definition) is 1. The van der Waals surface area contributed by atoms with Crippen molar-refractivity contribution in [1.29, 1.82) is 0 Å². The SMILES string of the molecule is CC1(C)CCNC1C[N-]C1CCC1.[K+]. The molecule has 2 aliphatic rings. The molecule has 1 saturated carbocycles. The standard InChI is InChI=1S/C11H21N2.K/c1-11(2)6-7-12-10(11)8-13-9-4-3-5-9;/h9-10,12H,3-8H2,1-2H3;/q-1;+1. The maximum Gasteiger partial charge on any atom is 1.00 e. The van der Waals surface area contributed by atoms with Crippen LogP contribution in [0.2, 0.25) is 0 Å². The van der Waals surface area contributed by atoms with E-state index in [0.29, 0.717) is 17.5 Å². The fourth-order valence-electron chi connectivity index (χ4n) is 2.15. The molecule has 0 aromatic heterocycles. The molecule has 0 amide bonds. The molecule has 1 atom stereocenters. The second-order valence-electron chi connectivity index (χ2n) is 5.20. The van der Waals surface area contributed by atoms with Gasteiger partial charge < -0.3 is 10.6 Å². The van der Waals surface area contributed by atoms with E-state index < -0.39 is 0 Å². The van der Waals surface area contributed by atoms with Gasteiger partial charge in [0, 0.05) is 0 Å². The zero-order valence-corrected chi connectivity index (χ0v) is 13.0. The molecule has 0 bridgehead atoms. The van der Waals surface area contributed by atoms with Crippen LogP contribution in [0.25, 0.3) is 5.32 Å². The van der Waals surface area contributed by atoms with Gasteiger partial charge in [-0.25, -0.2) is 0 Å². The molecule has 2 fully saturated rings. The van der Waals surface area contributed by atoms with Crippen LogP contribution in [0.15, 0.2) is 0 Å². The topological polar surface area (TPSA) is 26.1 Å². The zero-order chi connectivity index (χ0) is 9.31. The van der Waals surface area contributed by atoms with Crippen molar-refractivity contribution in [3.8, 4) is 0 Å². The van der Waals surface area contributed by atoms with Crippen LogP contribution in [-0.4, -0.2) is 25.2 Å². The summed E-state index contributed by atoms with van der Waals surface area (Å²) in [7, 11) is 0. The van der Waals surface area contributed by atoms with Crippen LogP contribution < -0.4 is 56.7 Å². The summed E-state index contributed by atoms with van der Waals surface area (Å²) in [6.07, 6.45) is 5.38.